The van der Waals surface area contributed by atoms with E-state index in [1.807, 2.05) is 18.5 Å². The molecule has 0 saturated carbocycles. The molecule has 0 fully saturated rings. The normalized spacial score (nSPS) is 13.2. The predicted molar refractivity (Wildman–Crippen MR) is 77.5 cm³/mol. The van der Waals surface area contributed by atoms with Gasteiger partial charge in [-0.1, -0.05) is 19.9 Å². The SMILES string of the molecule is CCC(CC)NCC(C)N(C)Cc1cccnc1. The molecule has 18 heavy (non-hydrogen) atoms. The van der Waals surface area contributed by atoms with Crippen LogP contribution in [0.25, 0.3) is 0 Å². The Kier molecular flexibility index (Phi) is 6.91. The third-order valence-electron chi connectivity index (χ3n) is 3.59. The Balaban J connectivity index is 2.35. The Morgan fingerprint density at radius 2 is 2.06 bits per heavy atom. The zero-order valence-electron chi connectivity index (χ0n) is 12.2. The number of hydrogen-bond acceptors (Lipinski definition) is 3. The van der Waals surface area contributed by atoms with Crippen molar-refractivity contribution in [1.82, 2.24) is 15.2 Å². The molecular formula is C15H27N3. The first-order chi connectivity index (χ1) is 8.67. The summed E-state index contributed by atoms with van der Waals surface area (Å²) in [6.45, 7) is 8.75. The number of nitrogens with zero attached hydrogens (tertiary/aromatic N) is 2. The van der Waals surface area contributed by atoms with E-state index in [9.17, 15) is 0 Å². The fourth-order valence-corrected chi connectivity index (χ4v) is 2.01. The second-order valence-corrected chi connectivity index (χ2v) is 5.05. The molecule has 0 aliphatic heterocycles. The van der Waals surface area contributed by atoms with Gasteiger partial charge in [0.1, 0.15) is 0 Å². The van der Waals surface area contributed by atoms with Crippen LogP contribution >= 0.6 is 0 Å². The third kappa shape index (κ3) is 5.15. The smallest absolute Gasteiger partial charge is 0.0312 e. The Morgan fingerprint density at radius 3 is 2.61 bits per heavy atom. The van der Waals surface area contributed by atoms with E-state index < -0.39 is 0 Å². The highest BCUT2D eigenvalue weighted by atomic mass is 15.1. The summed E-state index contributed by atoms with van der Waals surface area (Å²) in [5.41, 5.74) is 1.27. The third-order valence-corrected chi connectivity index (χ3v) is 3.59. The first kappa shape index (κ1) is 15.1. The molecule has 1 aromatic heterocycles. The molecule has 1 rings (SSSR count). The van der Waals surface area contributed by atoms with Crippen LogP contribution in [0, 0.1) is 0 Å². The van der Waals surface area contributed by atoms with Crippen molar-refractivity contribution >= 4 is 0 Å². The van der Waals surface area contributed by atoms with Crippen molar-refractivity contribution in [2.75, 3.05) is 13.6 Å². The fourth-order valence-electron chi connectivity index (χ4n) is 2.01. The highest BCUT2D eigenvalue weighted by Gasteiger charge is 2.11. The number of rotatable bonds is 8. The summed E-state index contributed by atoms with van der Waals surface area (Å²) < 4.78 is 0. The summed E-state index contributed by atoms with van der Waals surface area (Å²) in [5, 5.41) is 3.63. The summed E-state index contributed by atoms with van der Waals surface area (Å²) >= 11 is 0. The summed E-state index contributed by atoms with van der Waals surface area (Å²) in [6, 6.07) is 5.31. The molecule has 3 heteroatoms. The lowest BCUT2D eigenvalue weighted by molar-refractivity contribution is 0.235. The molecule has 0 radical (unpaired) electrons. The maximum atomic E-state index is 4.16. The minimum Gasteiger partial charge on any atom is -0.312 e. The molecule has 1 atom stereocenters. The summed E-state index contributed by atoms with van der Waals surface area (Å²) in [6.07, 6.45) is 6.17. The molecule has 1 N–H and O–H groups in total. The molecule has 102 valence electrons. The standard InChI is InChI=1S/C15H27N3/c1-5-15(6-2)17-10-13(3)18(4)12-14-8-7-9-16-11-14/h7-9,11,13,15,17H,5-6,10,12H2,1-4H3. The molecule has 0 spiro atoms. The van der Waals surface area contributed by atoms with Gasteiger partial charge in [0.25, 0.3) is 0 Å². The van der Waals surface area contributed by atoms with Gasteiger partial charge in [-0.25, -0.2) is 0 Å². The van der Waals surface area contributed by atoms with Crippen LogP contribution in [-0.4, -0.2) is 35.6 Å². The van der Waals surface area contributed by atoms with Gasteiger partial charge in [0.2, 0.25) is 0 Å². The van der Waals surface area contributed by atoms with Gasteiger partial charge >= 0.3 is 0 Å². The minimum atomic E-state index is 0.533. The van der Waals surface area contributed by atoms with E-state index >= 15 is 0 Å². The maximum absolute atomic E-state index is 4.16. The largest absolute Gasteiger partial charge is 0.312 e. The van der Waals surface area contributed by atoms with Crippen molar-refractivity contribution in [3.63, 3.8) is 0 Å². The Labute approximate surface area is 112 Å². The van der Waals surface area contributed by atoms with Crippen molar-refractivity contribution in [3.8, 4) is 0 Å². The number of aromatic nitrogens is 1. The lowest BCUT2D eigenvalue weighted by atomic mass is 10.1. The molecule has 3 nitrogen and oxygen atoms in total. The molecule has 1 aromatic rings. The van der Waals surface area contributed by atoms with Gasteiger partial charge in [-0.3, -0.25) is 9.88 Å². The van der Waals surface area contributed by atoms with Crippen molar-refractivity contribution in [1.29, 1.82) is 0 Å². The summed E-state index contributed by atoms with van der Waals surface area (Å²) in [5.74, 6) is 0. The van der Waals surface area contributed by atoms with Crippen LogP contribution in [0.5, 0.6) is 0 Å². The first-order valence-corrected chi connectivity index (χ1v) is 6.99. The number of nitrogens with one attached hydrogen (secondary N) is 1. The maximum Gasteiger partial charge on any atom is 0.0312 e. The van der Waals surface area contributed by atoms with Crippen LogP contribution < -0.4 is 5.32 Å². The summed E-state index contributed by atoms with van der Waals surface area (Å²) in [4.78, 5) is 6.52. The highest BCUT2D eigenvalue weighted by molar-refractivity contribution is 5.08. The van der Waals surface area contributed by atoms with Crippen molar-refractivity contribution in [2.24, 2.45) is 0 Å². The lowest BCUT2D eigenvalue weighted by Gasteiger charge is -2.27. The average Bonchev–Trinajstić information content (AvgIpc) is 2.40. The van der Waals surface area contributed by atoms with Crippen LogP contribution in [0.2, 0.25) is 0 Å². The van der Waals surface area contributed by atoms with E-state index in [0.29, 0.717) is 12.1 Å². The van der Waals surface area contributed by atoms with Crippen LogP contribution in [0.3, 0.4) is 0 Å². The van der Waals surface area contributed by atoms with Crippen LogP contribution in [-0.2, 0) is 6.54 Å². The Hall–Kier alpha value is -0.930. The first-order valence-electron chi connectivity index (χ1n) is 6.99. The second-order valence-electron chi connectivity index (χ2n) is 5.05. The van der Waals surface area contributed by atoms with Gasteiger partial charge in [0.15, 0.2) is 0 Å². The molecule has 0 aliphatic carbocycles. The predicted octanol–water partition coefficient (Wildman–Crippen LogP) is 2.68. The van der Waals surface area contributed by atoms with Gasteiger partial charge in [-0.05, 0) is 38.4 Å². The molecule has 0 amide bonds. The van der Waals surface area contributed by atoms with Gasteiger partial charge in [-0.15, -0.1) is 0 Å². The van der Waals surface area contributed by atoms with Crippen LogP contribution in [0.15, 0.2) is 24.5 Å². The molecule has 0 aliphatic rings. The fraction of sp³-hybridized carbons (Fsp3) is 0.667. The summed E-state index contributed by atoms with van der Waals surface area (Å²) in [7, 11) is 2.17. The topological polar surface area (TPSA) is 28.2 Å². The van der Waals surface area contributed by atoms with Gasteiger partial charge in [-0.2, -0.15) is 0 Å². The van der Waals surface area contributed by atoms with Crippen LogP contribution in [0.4, 0.5) is 0 Å². The van der Waals surface area contributed by atoms with E-state index in [2.05, 4.69) is 49.1 Å². The zero-order valence-corrected chi connectivity index (χ0v) is 12.2. The molecule has 0 saturated heterocycles. The zero-order chi connectivity index (χ0) is 13.4. The highest BCUT2D eigenvalue weighted by Crippen LogP contribution is 2.05. The number of hydrogen-bond donors (Lipinski definition) is 1. The molecule has 0 aromatic carbocycles. The van der Waals surface area contributed by atoms with Gasteiger partial charge in [0, 0.05) is 37.6 Å². The average molecular weight is 249 g/mol. The van der Waals surface area contributed by atoms with Crippen molar-refractivity contribution in [2.45, 2.75) is 52.2 Å². The number of pyridine rings is 1. The minimum absolute atomic E-state index is 0.533. The van der Waals surface area contributed by atoms with E-state index in [1.54, 1.807) is 0 Å². The van der Waals surface area contributed by atoms with E-state index in [-0.39, 0.29) is 0 Å². The van der Waals surface area contributed by atoms with Crippen molar-refractivity contribution in [3.05, 3.63) is 30.1 Å². The molecule has 1 heterocycles. The molecule has 0 bridgehead atoms. The monoisotopic (exact) mass is 249 g/mol. The molecular weight excluding hydrogens is 222 g/mol. The van der Waals surface area contributed by atoms with E-state index in [0.717, 1.165) is 13.1 Å². The van der Waals surface area contributed by atoms with Gasteiger partial charge in [0.05, 0.1) is 0 Å². The quantitative estimate of drug-likeness (QED) is 0.768. The Morgan fingerprint density at radius 1 is 1.33 bits per heavy atom. The second kappa shape index (κ2) is 8.22. The molecule has 1 unspecified atom stereocenters. The Bertz CT molecular complexity index is 309. The van der Waals surface area contributed by atoms with Crippen molar-refractivity contribution < 1.29 is 0 Å². The number of likely N-dealkylation sites (N-methyl/N-ethyl adjacent to an activating group) is 1. The van der Waals surface area contributed by atoms with Crippen LogP contribution in [0.1, 0.15) is 39.2 Å². The van der Waals surface area contributed by atoms with E-state index in [1.165, 1.54) is 18.4 Å². The van der Waals surface area contributed by atoms with E-state index in [4.69, 9.17) is 0 Å². The lowest BCUT2D eigenvalue weighted by Crippen LogP contribution is -2.41. The van der Waals surface area contributed by atoms with Gasteiger partial charge < -0.3 is 5.32 Å².